The predicted molar refractivity (Wildman–Crippen MR) is 103 cm³/mol. The average Bonchev–Trinajstić information content (AvgIpc) is 2.91. The van der Waals surface area contributed by atoms with E-state index in [0.717, 1.165) is 38.5 Å². The normalized spacial score (nSPS) is 45.8. The minimum absolute atomic E-state index is 0.0621. The van der Waals surface area contributed by atoms with Crippen LogP contribution in [-0.4, -0.2) is 24.1 Å². The van der Waals surface area contributed by atoms with Crippen molar-refractivity contribution in [3.8, 4) is 0 Å². The van der Waals surface area contributed by atoms with Crippen LogP contribution < -0.4 is 0 Å². The van der Waals surface area contributed by atoms with Crippen LogP contribution >= 0.6 is 0 Å². The van der Waals surface area contributed by atoms with Crippen LogP contribution in [0.15, 0.2) is 11.6 Å². The fourth-order valence-electron chi connectivity index (χ4n) is 7.31. The Balaban J connectivity index is 1.55. The summed E-state index contributed by atoms with van der Waals surface area (Å²) in [6.45, 7) is 7.88. The number of rotatable bonds is 2. The second-order valence-electron chi connectivity index (χ2n) is 9.95. The first-order valence-corrected chi connectivity index (χ1v) is 10.8. The highest BCUT2D eigenvalue weighted by Gasteiger charge is 2.59. The van der Waals surface area contributed by atoms with E-state index in [1.165, 1.54) is 25.3 Å². The summed E-state index contributed by atoms with van der Waals surface area (Å²) < 4.78 is 11.3. The Morgan fingerprint density at radius 3 is 2.41 bits per heavy atom. The Labute approximate surface area is 163 Å². The van der Waals surface area contributed by atoms with Gasteiger partial charge >= 0.3 is 11.9 Å². The number of esters is 2. The monoisotopic (exact) mass is 374 g/mol. The summed E-state index contributed by atoms with van der Waals surface area (Å²) in [7, 11) is 0. The van der Waals surface area contributed by atoms with E-state index in [9.17, 15) is 9.59 Å². The Morgan fingerprint density at radius 2 is 1.70 bits per heavy atom. The summed E-state index contributed by atoms with van der Waals surface area (Å²) in [6, 6.07) is 0. The van der Waals surface area contributed by atoms with Gasteiger partial charge in [-0.05, 0) is 68.1 Å². The van der Waals surface area contributed by atoms with Gasteiger partial charge in [-0.3, -0.25) is 9.59 Å². The zero-order valence-electron chi connectivity index (χ0n) is 17.3. The highest BCUT2D eigenvalue weighted by molar-refractivity contribution is 5.66. The van der Waals surface area contributed by atoms with Gasteiger partial charge in [0.2, 0.25) is 0 Å². The number of hydrogen-bond donors (Lipinski definition) is 0. The second-order valence-corrected chi connectivity index (χ2v) is 9.95. The van der Waals surface area contributed by atoms with Gasteiger partial charge in [-0.2, -0.15) is 0 Å². The molecule has 4 rings (SSSR count). The van der Waals surface area contributed by atoms with Crippen LogP contribution in [0.1, 0.15) is 79.1 Å². The molecule has 0 unspecified atom stereocenters. The molecule has 0 N–H and O–H groups in total. The molecule has 3 saturated carbocycles. The van der Waals surface area contributed by atoms with E-state index in [0.29, 0.717) is 17.8 Å². The topological polar surface area (TPSA) is 52.6 Å². The Kier molecular flexibility index (Phi) is 4.67. The molecular weight excluding hydrogens is 340 g/mol. The van der Waals surface area contributed by atoms with E-state index in [-0.39, 0.29) is 35.0 Å². The Bertz CT molecular complexity index is 667. The number of allylic oxidation sites excluding steroid dienone is 1. The summed E-state index contributed by atoms with van der Waals surface area (Å²) in [5.74, 6) is 1.77. The van der Waals surface area contributed by atoms with Gasteiger partial charge in [0.1, 0.15) is 12.2 Å². The predicted octanol–water partition coefficient (Wildman–Crippen LogP) is 4.81. The van der Waals surface area contributed by atoms with Gasteiger partial charge in [0.25, 0.3) is 0 Å². The minimum Gasteiger partial charge on any atom is -0.462 e. The highest BCUT2D eigenvalue weighted by Crippen LogP contribution is 2.65. The van der Waals surface area contributed by atoms with Crippen molar-refractivity contribution in [2.45, 2.75) is 91.3 Å². The molecule has 0 aromatic carbocycles. The summed E-state index contributed by atoms with van der Waals surface area (Å²) in [5.41, 5.74) is 1.92. The van der Waals surface area contributed by atoms with Crippen molar-refractivity contribution >= 4 is 11.9 Å². The third-order valence-corrected chi connectivity index (χ3v) is 8.61. The van der Waals surface area contributed by atoms with E-state index in [1.807, 2.05) is 0 Å². The molecule has 4 nitrogen and oxygen atoms in total. The van der Waals surface area contributed by atoms with Crippen molar-refractivity contribution in [2.75, 3.05) is 0 Å². The van der Waals surface area contributed by atoms with Gasteiger partial charge < -0.3 is 9.47 Å². The second kappa shape index (κ2) is 6.63. The summed E-state index contributed by atoms with van der Waals surface area (Å²) in [4.78, 5) is 22.9. The number of fused-ring (bicyclic) bond motifs is 5. The van der Waals surface area contributed by atoms with Crippen LogP contribution in [0.3, 0.4) is 0 Å². The first-order valence-electron chi connectivity index (χ1n) is 10.8. The van der Waals surface area contributed by atoms with Crippen LogP contribution in [0.25, 0.3) is 0 Å². The van der Waals surface area contributed by atoms with E-state index < -0.39 is 0 Å². The van der Waals surface area contributed by atoms with Crippen LogP contribution in [0.2, 0.25) is 0 Å². The average molecular weight is 375 g/mol. The zero-order chi connectivity index (χ0) is 19.4. The van der Waals surface area contributed by atoms with Crippen molar-refractivity contribution in [3.05, 3.63) is 11.6 Å². The first kappa shape index (κ1) is 19.0. The molecule has 0 heterocycles. The van der Waals surface area contributed by atoms with E-state index in [2.05, 4.69) is 19.9 Å². The number of ether oxygens (including phenoxy) is 2. The third-order valence-electron chi connectivity index (χ3n) is 8.61. The SMILES string of the molecule is CC(=O)O[C@H]1CC[C@@]2(C)C(=CC[C@@H]3[C@H]4CC[C@@H](OC(C)=O)[C@]4(C)CC[C@H]32)C1. The quantitative estimate of drug-likeness (QED) is 0.514. The summed E-state index contributed by atoms with van der Waals surface area (Å²) >= 11 is 0. The maximum Gasteiger partial charge on any atom is 0.302 e. The van der Waals surface area contributed by atoms with Crippen LogP contribution in [0.5, 0.6) is 0 Å². The molecule has 0 radical (unpaired) electrons. The lowest BCUT2D eigenvalue weighted by Gasteiger charge is -2.57. The summed E-state index contributed by atoms with van der Waals surface area (Å²) in [6.07, 6.45) is 11.4. The van der Waals surface area contributed by atoms with Crippen molar-refractivity contribution in [3.63, 3.8) is 0 Å². The molecule has 0 spiro atoms. The standard InChI is InChI=1S/C23H34O4/c1-14(24)26-17-9-11-22(3)16(13-17)5-6-18-19-7-8-21(27-15(2)25)23(19,4)12-10-20(18)22/h5,17-21H,6-13H2,1-4H3/t17-,18+,19+,20+,21+,22-,23+/m0/s1. The molecule has 0 saturated heterocycles. The molecule has 4 aliphatic carbocycles. The molecule has 0 aromatic heterocycles. The largest absolute Gasteiger partial charge is 0.462 e. The molecule has 0 aromatic rings. The lowest BCUT2D eigenvalue weighted by Crippen LogP contribution is -2.51. The highest BCUT2D eigenvalue weighted by atomic mass is 16.5. The number of carbonyl (C=O) groups is 2. The fourth-order valence-corrected chi connectivity index (χ4v) is 7.31. The molecule has 0 aliphatic heterocycles. The molecule has 0 amide bonds. The first-order chi connectivity index (χ1) is 12.7. The molecule has 3 fully saturated rings. The van der Waals surface area contributed by atoms with Gasteiger partial charge in [0, 0.05) is 25.7 Å². The van der Waals surface area contributed by atoms with Crippen molar-refractivity contribution in [1.29, 1.82) is 0 Å². The van der Waals surface area contributed by atoms with Gasteiger partial charge in [0.05, 0.1) is 0 Å². The lowest BCUT2D eigenvalue weighted by atomic mass is 9.48. The van der Waals surface area contributed by atoms with Crippen LogP contribution in [0, 0.1) is 28.6 Å². The molecule has 7 atom stereocenters. The fraction of sp³-hybridized carbons (Fsp3) is 0.826. The number of hydrogen-bond acceptors (Lipinski definition) is 4. The van der Waals surface area contributed by atoms with Crippen molar-refractivity contribution in [1.82, 2.24) is 0 Å². The van der Waals surface area contributed by atoms with E-state index >= 15 is 0 Å². The molecule has 150 valence electrons. The smallest absolute Gasteiger partial charge is 0.302 e. The number of carbonyl (C=O) groups excluding carboxylic acids is 2. The van der Waals surface area contributed by atoms with Gasteiger partial charge in [-0.15, -0.1) is 0 Å². The van der Waals surface area contributed by atoms with E-state index in [4.69, 9.17) is 9.47 Å². The third kappa shape index (κ3) is 3.03. The Hall–Kier alpha value is -1.32. The van der Waals surface area contributed by atoms with Crippen LogP contribution in [-0.2, 0) is 19.1 Å². The molecule has 4 aliphatic rings. The lowest BCUT2D eigenvalue weighted by molar-refractivity contribution is -0.157. The molecule has 4 heteroatoms. The maximum absolute atomic E-state index is 11.6. The molecule has 0 bridgehead atoms. The molecular formula is C23H34O4. The van der Waals surface area contributed by atoms with Crippen molar-refractivity contribution < 1.29 is 19.1 Å². The summed E-state index contributed by atoms with van der Waals surface area (Å²) in [5, 5.41) is 0. The zero-order valence-corrected chi connectivity index (χ0v) is 17.3. The van der Waals surface area contributed by atoms with E-state index in [1.54, 1.807) is 6.92 Å². The minimum atomic E-state index is -0.159. The molecule has 27 heavy (non-hydrogen) atoms. The van der Waals surface area contributed by atoms with Crippen molar-refractivity contribution in [2.24, 2.45) is 28.6 Å². The van der Waals surface area contributed by atoms with Gasteiger partial charge in [-0.1, -0.05) is 25.5 Å². The van der Waals surface area contributed by atoms with Gasteiger partial charge in [-0.25, -0.2) is 0 Å². The van der Waals surface area contributed by atoms with Crippen LogP contribution in [0.4, 0.5) is 0 Å². The maximum atomic E-state index is 11.6. The van der Waals surface area contributed by atoms with Gasteiger partial charge in [0.15, 0.2) is 0 Å². The Morgan fingerprint density at radius 1 is 0.963 bits per heavy atom.